The average Bonchev–Trinajstić information content (AvgIpc) is 2.04. The maximum absolute atomic E-state index is 10.8. The van der Waals surface area contributed by atoms with Crippen molar-refractivity contribution in [3.63, 3.8) is 0 Å². The first-order chi connectivity index (χ1) is 5.42. The molecule has 1 saturated heterocycles. The van der Waals surface area contributed by atoms with E-state index in [0.717, 1.165) is 0 Å². The van der Waals surface area contributed by atoms with Gasteiger partial charge in [0.1, 0.15) is 5.60 Å². The van der Waals surface area contributed by atoms with Crippen LogP contribution in [0.1, 0.15) is 26.7 Å². The molecule has 0 radical (unpaired) electrons. The SMILES string of the molecule is CC1(C)OC(=O)CC1CC(=O)O. The van der Waals surface area contributed by atoms with Gasteiger partial charge in [-0.3, -0.25) is 9.59 Å². The Kier molecular flexibility index (Phi) is 2.08. The summed E-state index contributed by atoms with van der Waals surface area (Å²) in [5.41, 5.74) is -0.616. The average molecular weight is 172 g/mol. The molecule has 0 saturated carbocycles. The van der Waals surface area contributed by atoms with Gasteiger partial charge in [-0.15, -0.1) is 0 Å². The Morgan fingerprint density at radius 3 is 2.67 bits per heavy atom. The van der Waals surface area contributed by atoms with Crippen molar-refractivity contribution in [2.45, 2.75) is 32.3 Å². The fourth-order valence-electron chi connectivity index (χ4n) is 1.39. The Hall–Kier alpha value is -1.06. The number of carbonyl (C=O) groups excluding carboxylic acids is 1. The van der Waals surface area contributed by atoms with E-state index in [9.17, 15) is 9.59 Å². The quantitative estimate of drug-likeness (QED) is 0.626. The molecule has 0 aromatic carbocycles. The fourth-order valence-corrected chi connectivity index (χ4v) is 1.39. The normalized spacial score (nSPS) is 26.8. The van der Waals surface area contributed by atoms with Gasteiger partial charge >= 0.3 is 11.9 Å². The first-order valence-electron chi connectivity index (χ1n) is 3.85. The number of carboxylic acid groups (broad SMARTS) is 1. The van der Waals surface area contributed by atoms with Crippen LogP contribution < -0.4 is 0 Å². The minimum absolute atomic E-state index is 0.00125. The second kappa shape index (κ2) is 2.77. The molecule has 1 aliphatic rings. The highest BCUT2D eigenvalue weighted by atomic mass is 16.6. The van der Waals surface area contributed by atoms with Crippen molar-refractivity contribution in [2.75, 3.05) is 0 Å². The third kappa shape index (κ3) is 1.75. The molecule has 1 unspecified atom stereocenters. The highest BCUT2D eigenvalue weighted by molar-refractivity contribution is 5.75. The molecule has 0 bridgehead atoms. The summed E-state index contributed by atoms with van der Waals surface area (Å²) in [6, 6.07) is 0. The van der Waals surface area contributed by atoms with E-state index in [2.05, 4.69) is 0 Å². The summed E-state index contributed by atoms with van der Waals surface area (Å²) < 4.78 is 4.96. The number of ether oxygens (including phenoxy) is 1. The number of esters is 1. The lowest BCUT2D eigenvalue weighted by molar-refractivity contribution is -0.148. The number of aliphatic carboxylic acids is 1. The maximum Gasteiger partial charge on any atom is 0.306 e. The van der Waals surface area contributed by atoms with Crippen LogP contribution in [0.2, 0.25) is 0 Å². The summed E-state index contributed by atoms with van der Waals surface area (Å²) in [6.07, 6.45) is 0.220. The van der Waals surface area contributed by atoms with Gasteiger partial charge in [0.25, 0.3) is 0 Å². The zero-order valence-corrected chi connectivity index (χ0v) is 7.16. The van der Waals surface area contributed by atoms with Crippen LogP contribution in [0.25, 0.3) is 0 Å². The van der Waals surface area contributed by atoms with Crippen molar-refractivity contribution >= 4 is 11.9 Å². The van der Waals surface area contributed by atoms with Crippen molar-refractivity contribution in [3.8, 4) is 0 Å². The number of carbonyl (C=O) groups is 2. The molecule has 0 aromatic heterocycles. The number of cyclic esters (lactones) is 1. The molecule has 1 rings (SSSR count). The van der Waals surface area contributed by atoms with E-state index in [-0.39, 0.29) is 24.7 Å². The highest BCUT2D eigenvalue weighted by Gasteiger charge is 2.42. The van der Waals surface area contributed by atoms with Crippen LogP contribution in [0.15, 0.2) is 0 Å². The fraction of sp³-hybridized carbons (Fsp3) is 0.750. The summed E-state index contributed by atoms with van der Waals surface area (Å²) in [5.74, 6) is -1.37. The molecule has 0 aromatic rings. The number of carboxylic acids is 1. The topological polar surface area (TPSA) is 63.6 Å². The van der Waals surface area contributed by atoms with Crippen molar-refractivity contribution in [3.05, 3.63) is 0 Å². The van der Waals surface area contributed by atoms with E-state index in [4.69, 9.17) is 9.84 Å². The smallest absolute Gasteiger partial charge is 0.306 e. The van der Waals surface area contributed by atoms with Crippen LogP contribution >= 0.6 is 0 Å². The predicted octanol–water partition coefficient (Wildman–Crippen LogP) is 0.803. The van der Waals surface area contributed by atoms with Crippen LogP contribution in [0, 0.1) is 5.92 Å². The molecule has 4 heteroatoms. The third-order valence-electron chi connectivity index (χ3n) is 2.19. The van der Waals surface area contributed by atoms with Crippen LogP contribution in [0.4, 0.5) is 0 Å². The number of rotatable bonds is 2. The Labute approximate surface area is 70.5 Å². The lowest BCUT2D eigenvalue weighted by Gasteiger charge is -2.22. The summed E-state index contributed by atoms with van der Waals surface area (Å²) in [6.45, 7) is 3.48. The summed E-state index contributed by atoms with van der Waals surface area (Å²) in [5, 5.41) is 8.53. The molecule has 1 fully saturated rings. The van der Waals surface area contributed by atoms with E-state index >= 15 is 0 Å². The third-order valence-corrected chi connectivity index (χ3v) is 2.19. The molecule has 4 nitrogen and oxygen atoms in total. The van der Waals surface area contributed by atoms with Crippen LogP contribution in [0.5, 0.6) is 0 Å². The van der Waals surface area contributed by atoms with E-state index < -0.39 is 11.6 Å². The lowest BCUT2D eigenvalue weighted by atomic mass is 9.88. The van der Waals surface area contributed by atoms with Gasteiger partial charge in [-0.05, 0) is 13.8 Å². The summed E-state index contributed by atoms with van der Waals surface area (Å²) in [7, 11) is 0. The van der Waals surface area contributed by atoms with Gasteiger partial charge in [0.2, 0.25) is 0 Å². The number of hydrogen-bond acceptors (Lipinski definition) is 3. The second-order valence-electron chi connectivity index (χ2n) is 3.58. The van der Waals surface area contributed by atoms with Crippen molar-refractivity contribution in [1.82, 2.24) is 0 Å². The van der Waals surface area contributed by atoms with Crippen molar-refractivity contribution < 1.29 is 19.4 Å². The van der Waals surface area contributed by atoms with Crippen molar-refractivity contribution in [1.29, 1.82) is 0 Å². The molecule has 68 valence electrons. The monoisotopic (exact) mass is 172 g/mol. The highest BCUT2D eigenvalue weighted by Crippen LogP contribution is 2.34. The zero-order chi connectivity index (χ0) is 9.35. The van der Waals surface area contributed by atoms with Gasteiger partial charge in [-0.1, -0.05) is 0 Å². The van der Waals surface area contributed by atoms with E-state index in [1.54, 1.807) is 13.8 Å². The Morgan fingerprint density at radius 1 is 1.75 bits per heavy atom. The molecule has 1 aliphatic heterocycles. The van der Waals surface area contributed by atoms with E-state index in [0.29, 0.717) is 0 Å². The van der Waals surface area contributed by atoms with E-state index in [1.165, 1.54) is 0 Å². The molecule has 0 amide bonds. The zero-order valence-electron chi connectivity index (χ0n) is 7.16. The van der Waals surface area contributed by atoms with Gasteiger partial charge in [0.05, 0.1) is 12.8 Å². The van der Waals surface area contributed by atoms with Crippen LogP contribution in [-0.4, -0.2) is 22.6 Å². The van der Waals surface area contributed by atoms with Crippen molar-refractivity contribution in [2.24, 2.45) is 5.92 Å². The molecule has 12 heavy (non-hydrogen) atoms. The predicted molar refractivity (Wildman–Crippen MR) is 40.5 cm³/mol. The minimum atomic E-state index is -0.883. The van der Waals surface area contributed by atoms with Gasteiger partial charge in [0, 0.05) is 5.92 Å². The maximum atomic E-state index is 10.8. The first kappa shape index (κ1) is 9.03. The lowest BCUT2D eigenvalue weighted by Crippen LogP contribution is -2.29. The molecular weight excluding hydrogens is 160 g/mol. The molecular formula is C8H12O4. The Morgan fingerprint density at radius 2 is 2.33 bits per heavy atom. The molecule has 1 heterocycles. The molecule has 0 spiro atoms. The van der Waals surface area contributed by atoms with Gasteiger partial charge in [-0.25, -0.2) is 0 Å². The van der Waals surface area contributed by atoms with Gasteiger partial charge in [0.15, 0.2) is 0 Å². The van der Waals surface area contributed by atoms with Gasteiger partial charge < -0.3 is 9.84 Å². The molecule has 0 aliphatic carbocycles. The second-order valence-corrected chi connectivity index (χ2v) is 3.58. The Bertz CT molecular complexity index is 219. The largest absolute Gasteiger partial charge is 0.481 e. The summed E-state index contributed by atoms with van der Waals surface area (Å²) >= 11 is 0. The van der Waals surface area contributed by atoms with Crippen LogP contribution in [-0.2, 0) is 14.3 Å². The minimum Gasteiger partial charge on any atom is -0.481 e. The van der Waals surface area contributed by atoms with Gasteiger partial charge in [-0.2, -0.15) is 0 Å². The molecule has 1 N–H and O–H groups in total. The Balaban J connectivity index is 2.65. The first-order valence-corrected chi connectivity index (χ1v) is 3.85. The van der Waals surface area contributed by atoms with E-state index in [1.807, 2.05) is 0 Å². The summed E-state index contributed by atoms with van der Waals surface area (Å²) in [4.78, 5) is 21.2. The van der Waals surface area contributed by atoms with Crippen LogP contribution in [0.3, 0.4) is 0 Å². The molecule has 1 atom stereocenters. The standard InChI is InChI=1S/C8H12O4/c1-8(2)5(3-6(9)10)4-7(11)12-8/h5H,3-4H2,1-2H3,(H,9,10). The number of hydrogen-bond donors (Lipinski definition) is 1.